The molecule has 0 aliphatic carbocycles. The molecule has 34 heavy (non-hydrogen) atoms. The van der Waals surface area contributed by atoms with Crippen LogP contribution in [0.1, 0.15) is 13.3 Å². The molecule has 3 aromatic carbocycles. The van der Waals surface area contributed by atoms with Crippen molar-refractivity contribution >= 4 is 39.0 Å². The Morgan fingerprint density at radius 3 is 2.26 bits per heavy atom. The number of nitrogens with one attached hydrogen (secondary N) is 2. The van der Waals surface area contributed by atoms with Crippen molar-refractivity contribution < 1.29 is 22.3 Å². The fraction of sp³-hybridized carbons (Fsp3) is 0.208. The number of hydrogen-bond donors (Lipinski definition) is 2. The van der Waals surface area contributed by atoms with E-state index in [1.54, 1.807) is 24.3 Å². The van der Waals surface area contributed by atoms with Gasteiger partial charge in [-0.2, -0.15) is 0 Å². The molecule has 7 nitrogen and oxygen atoms in total. The third-order valence-corrected chi connectivity index (χ3v) is 6.86. The van der Waals surface area contributed by atoms with Crippen LogP contribution in [0.3, 0.4) is 0 Å². The van der Waals surface area contributed by atoms with Crippen LogP contribution in [0, 0.1) is 5.82 Å². The highest BCUT2D eigenvalue weighted by Gasteiger charge is 2.24. The number of ether oxygens (including phenoxy) is 1. The Balaban J connectivity index is 1.62. The molecule has 0 atom stereocenters. The largest absolute Gasteiger partial charge is 0.494 e. The number of nitrogens with zero attached hydrogens (tertiary/aromatic N) is 1. The lowest BCUT2D eigenvalue weighted by Crippen LogP contribution is -2.35. The van der Waals surface area contributed by atoms with Crippen molar-refractivity contribution in [1.29, 1.82) is 0 Å². The predicted molar refractivity (Wildman–Crippen MR) is 132 cm³/mol. The molecule has 0 aromatic heterocycles. The second-order valence-electron chi connectivity index (χ2n) is 7.20. The van der Waals surface area contributed by atoms with Gasteiger partial charge in [-0.15, -0.1) is 0 Å². The van der Waals surface area contributed by atoms with E-state index in [1.165, 1.54) is 52.8 Å². The number of carbonyl (C=O) groups excluding carboxylic acids is 1. The maximum Gasteiger partial charge on any atom is 0.319 e. The highest BCUT2D eigenvalue weighted by atomic mass is 35.5. The number of sulfonamides is 1. The third-order valence-electron chi connectivity index (χ3n) is 4.76. The van der Waals surface area contributed by atoms with E-state index in [0.717, 1.165) is 0 Å². The van der Waals surface area contributed by atoms with Crippen LogP contribution < -0.4 is 19.7 Å². The summed E-state index contributed by atoms with van der Waals surface area (Å²) in [6.07, 6.45) is 0.320. The van der Waals surface area contributed by atoms with E-state index in [0.29, 0.717) is 35.2 Å². The number of anilines is 2. The first-order valence-corrected chi connectivity index (χ1v) is 12.4. The highest BCUT2D eigenvalue weighted by molar-refractivity contribution is 7.92. The first-order valence-electron chi connectivity index (χ1n) is 10.6. The SMILES string of the molecule is CCOc1ccc(NC(=O)NCCCN(c2ccc(F)cc2)S(=O)(=O)c2ccc(Cl)cc2)cc1. The zero-order chi connectivity index (χ0) is 24.6. The number of carbonyl (C=O) groups is 1. The number of rotatable bonds is 10. The Kier molecular flexibility index (Phi) is 8.72. The van der Waals surface area contributed by atoms with Crippen molar-refractivity contribution in [3.8, 4) is 5.75 Å². The molecular weight excluding hydrogens is 481 g/mol. The summed E-state index contributed by atoms with van der Waals surface area (Å²) >= 11 is 5.89. The van der Waals surface area contributed by atoms with Crippen LogP contribution >= 0.6 is 11.6 Å². The summed E-state index contributed by atoms with van der Waals surface area (Å²) < 4.78 is 46.5. The van der Waals surface area contributed by atoms with Gasteiger partial charge in [-0.1, -0.05) is 11.6 Å². The molecule has 0 bridgehead atoms. The molecule has 0 aliphatic heterocycles. The van der Waals surface area contributed by atoms with Gasteiger partial charge in [0.1, 0.15) is 11.6 Å². The zero-order valence-electron chi connectivity index (χ0n) is 18.5. The Bertz CT molecular complexity index is 1190. The lowest BCUT2D eigenvalue weighted by atomic mass is 10.3. The van der Waals surface area contributed by atoms with Crippen LogP contribution in [0.15, 0.2) is 77.7 Å². The normalized spacial score (nSPS) is 11.0. The third kappa shape index (κ3) is 6.85. The number of halogens is 2. The van der Waals surface area contributed by atoms with Crippen molar-refractivity contribution in [3.05, 3.63) is 83.6 Å². The van der Waals surface area contributed by atoms with Crippen molar-refractivity contribution in [2.75, 3.05) is 29.3 Å². The molecule has 3 rings (SSSR count). The molecule has 0 radical (unpaired) electrons. The summed E-state index contributed by atoms with van der Waals surface area (Å²) in [5, 5.41) is 5.82. The monoisotopic (exact) mass is 505 g/mol. The summed E-state index contributed by atoms with van der Waals surface area (Å²) in [4.78, 5) is 12.2. The molecule has 0 aliphatic rings. The second kappa shape index (κ2) is 11.7. The Labute approximate surface area is 203 Å². The van der Waals surface area contributed by atoms with E-state index < -0.39 is 21.9 Å². The van der Waals surface area contributed by atoms with Crippen molar-refractivity contribution in [3.63, 3.8) is 0 Å². The van der Waals surface area contributed by atoms with Crippen LogP contribution in [0.25, 0.3) is 0 Å². The van der Waals surface area contributed by atoms with Gasteiger partial charge in [0.25, 0.3) is 10.0 Å². The molecule has 0 unspecified atom stereocenters. The lowest BCUT2D eigenvalue weighted by molar-refractivity contribution is 0.252. The minimum absolute atomic E-state index is 0.0578. The lowest BCUT2D eigenvalue weighted by Gasteiger charge is -2.24. The Morgan fingerprint density at radius 1 is 1.00 bits per heavy atom. The first-order chi connectivity index (χ1) is 16.3. The summed E-state index contributed by atoms with van der Waals surface area (Å²) in [7, 11) is -3.93. The Hall–Kier alpha value is -3.30. The summed E-state index contributed by atoms with van der Waals surface area (Å²) in [5.74, 6) is 0.233. The molecule has 0 spiro atoms. The molecule has 3 aromatic rings. The van der Waals surface area contributed by atoms with Crippen molar-refractivity contribution in [2.24, 2.45) is 0 Å². The van der Waals surface area contributed by atoms with Crippen LogP contribution in [-0.4, -0.2) is 34.1 Å². The number of urea groups is 1. The van der Waals surface area contributed by atoms with Crippen LogP contribution in [0.4, 0.5) is 20.6 Å². The van der Waals surface area contributed by atoms with Crippen molar-refractivity contribution in [1.82, 2.24) is 5.32 Å². The standard InChI is InChI=1S/C24H25ClFN3O4S/c1-2-33-22-12-8-20(9-13-22)28-24(30)27-16-3-17-29(21-10-6-19(26)7-11-21)34(31,32)23-14-4-18(25)5-15-23/h4-15H,2-3,16-17H2,1H3,(H2,27,28,30). The Morgan fingerprint density at radius 2 is 1.65 bits per heavy atom. The van der Waals surface area contributed by atoms with Gasteiger partial charge in [0.05, 0.1) is 17.2 Å². The second-order valence-corrected chi connectivity index (χ2v) is 9.50. The van der Waals surface area contributed by atoms with E-state index in [-0.39, 0.29) is 18.0 Å². The molecule has 2 N–H and O–H groups in total. The quantitative estimate of drug-likeness (QED) is 0.367. The van der Waals surface area contributed by atoms with Gasteiger partial charge in [-0.25, -0.2) is 17.6 Å². The summed E-state index contributed by atoms with van der Waals surface area (Å²) in [5.41, 5.74) is 0.911. The maximum atomic E-state index is 13.4. The molecule has 0 saturated heterocycles. The number of amides is 2. The molecule has 0 saturated carbocycles. The maximum absolute atomic E-state index is 13.4. The van der Waals surface area contributed by atoms with E-state index in [4.69, 9.17) is 16.3 Å². The molecular formula is C24H25ClFN3O4S. The van der Waals surface area contributed by atoms with Gasteiger partial charge < -0.3 is 15.4 Å². The van der Waals surface area contributed by atoms with Gasteiger partial charge in [-0.05, 0) is 86.1 Å². The van der Waals surface area contributed by atoms with Gasteiger partial charge in [0.15, 0.2) is 0 Å². The van der Waals surface area contributed by atoms with E-state index in [9.17, 15) is 17.6 Å². The number of hydrogen-bond acceptors (Lipinski definition) is 4. The summed E-state index contributed by atoms with van der Waals surface area (Å²) in [6.45, 7) is 2.73. The molecule has 0 heterocycles. The van der Waals surface area contributed by atoms with Gasteiger partial charge >= 0.3 is 6.03 Å². The highest BCUT2D eigenvalue weighted by Crippen LogP contribution is 2.25. The van der Waals surface area contributed by atoms with Gasteiger partial charge in [0.2, 0.25) is 0 Å². The molecule has 2 amide bonds. The van der Waals surface area contributed by atoms with Crippen LogP contribution in [0.2, 0.25) is 5.02 Å². The van der Waals surface area contributed by atoms with Crippen molar-refractivity contribution in [2.45, 2.75) is 18.2 Å². The van der Waals surface area contributed by atoms with E-state index >= 15 is 0 Å². The van der Waals surface area contributed by atoms with Crippen LogP contribution in [-0.2, 0) is 10.0 Å². The molecule has 0 fully saturated rings. The fourth-order valence-corrected chi connectivity index (χ4v) is 4.76. The molecule has 10 heteroatoms. The smallest absolute Gasteiger partial charge is 0.319 e. The summed E-state index contributed by atoms with van der Waals surface area (Å²) in [6, 6.07) is 17.5. The van der Waals surface area contributed by atoms with E-state index in [2.05, 4.69) is 10.6 Å². The molecule has 180 valence electrons. The minimum Gasteiger partial charge on any atom is -0.494 e. The average Bonchev–Trinajstić information content (AvgIpc) is 2.81. The topological polar surface area (TPSA) is 87.7 Å². The fourth-order valence-electron chi connectivity index (χ4n) is 3.13. The number of benzene rings is 3. The predicted octanol–water partition coefficient (Wildman–Crippen LogP) is 5.28. The van der Waals surface area contributed by atoms with Gasteiger partial charge in [0, 0.05) is 23.8 Å². The van der Waals surface area contributed by atoms with Gasteiger partial charge in [-0.3, -0.25) is 4.31 Å². The average molecular weight is 506 g/mol. The minimum atomic E-state index is -3.93. The zero-order valence-corrected chi connectivity index (χ0v) is 20.1. The first kappa shape index (κ1) is 25.3. The van der Waals surface area contributed by atoms with Crippen LogP contribution in [0.5, 0.6) is 5.75 Å². The van der Waals surface area contributed by atoms with E-state index in [1.807, 2.05) is 6.92 Å².